The first kappa shape index (κ1) is 22.1. The fourth-order valence-corrected chi connectivity index (χ4v) is 3.94. The number of rotatable bonds is 8. The Kier molecular flexibility index (Phi) is 7.77. The Bertz CT molecular complexity index is 805. The van der Waals surface area contributed by atoms with Gasteiger partial charge in [-0.05, 0) is 24.5 Å². The number of nitrogens with one attached hydrogen (secondary N) is 1. The van der Waals surface area contributed by atoms with Crippen LogP contribution < -0.4 is 10.4 Å². The maximum Gasteiger partial charge on any atom is 0.266 e. The van der Waals surface area contributed by atoms with Crippen LogP contribution in [0.5, 0.6) is 0 Å². The van der Waals surface area contributed by atoms with E-state index < -0.39 is 17.9 Å². The van der Waals surface area contributed by atoms with Crippen molar-refractivity contribution in [1.82, 2.24) is 10.2 Å². The van der Waals surface area contributed by atoms with Gasteiger partial charge in [0.15, 0.2) is 0 Å². The molecular formula is C20H23N2O4S2-. The summed E-state index contributed by atoms with van der Waals surface area (Å²) in [5.41, 5.74) is 2.03. The Balaban J connectivity index is 1.98. The first-order valence-electron chi connectivity index (χ1n) is 9.05. The fourth-order valence-electron chi connectivity index (χ4n) is 2.63. The highest BCUT2D eigenvalue weighted by Crippen LogP contribution is 2.32. The highest BCUT2D eigenvalue weighted by Gasteiger charge is 2.32. The monoisotopic (exact) mass is 419 g/mol. The summed E-state index contributed by atoms with van der Waals surface area (Å²) in [5, 5.41) is 13.7. The second kappa shape index (κ2) is 9.84. The quantitative estimate of drug-likeness (QED) is 0.511. The Labute approximate surface area is 174 Å². The molecule has 1 saturated heterocycles. The van der Waals surface area contributed by atoms with Gasteiger partial charge in [0.2, 0.25) is 5.91 Å². The molecule has 8 heteroatoms. The average molecular weight is 420 g/mol. The summed E-state index contributed by atoms with van der Waals surface area (Å²) in [6.07, 6.45) is 2.33. The largest absolute Gasteiger partial charge is 0.548 e. The molecule has 2 amide bonds. The number of benzene rings is 1. The third-order valence-corrected chi connectivity index (χ3v) is 5.97. The number of carbonyl (C=O) groups excluding carboxylic acids is 3. The van der Waals surface area contributed by atoms with Crippen LogP contribution in [0.3, 0.4) is 0 Å². The van der Waals surface area contributed by atoms with E-state index in [1.165, 1.54) is 16.7 Å². The molecule has 2 rings (SSSR count). The van der Waals surface area contributed by atoms with Crippen molar-refractivity contribution < 1.29 is 19.5 Å². The van der Waals surface area contributed by atoms with Crippen molar-refractivity contribution in [2.75, 3.05) is 6.54 Å². The van der Waals surface area contributed by atoms with E-state index in [0.717, 1.165) is 11.1 Å². The van der Waals surface area contributed by atoms with Crippen LogP contribution in [0.1, 0.15) is 37.8 Å². The van der Waals surface area contributed by atoms with E-state index in [2.05, 4.69) is 5.32 Å². The number of carbonyl (C=O) groups is 3. The summed E-state index contributed by atoms with van der Waals surface area (Å²) < 4.78 is 0.384. The van der Waals surface area contributed by atoms with Crippen molar-refractivity contribution in [2.24, 2.45) is 5.92 Å². The van der Waals surface area contributed by atoms with Gasteiger partial charge in [0.25, 0.3) is 5.91 Å². The summed E-state index contributed by atoms with van der Waals surface area (Å²) in [5.74, 6) is -2.26. The lowest BCUT2D eigenvalue weighted by Gasteiger charge is -2.25. The summed E-state index contributed by atoms with van der Waals surface area (Å²) in [6.45, 7) is 5.66. The van der Waals surface area contributed by atoms with Gasteiger partial charge in [0.05, 0.1) is 16.9 Å². The van der Waals surface area contributed by atoms with Gasteiger partial charge in [-0.1, -0.05) is 74.1 Å². The average Bonchev–Trinajstić information content (AvgIpc) is 2.92. The summed E-state index contributed by atoms with van der Waals surface area (Å²) in [4.78, 5) is 37.8. The third kappa shape index (κ3) is 5.65. The van der Waals surface area contributed by atoms with Gasteiger partial charge in [-0.15, -0.1) is 0 Å². The summed E-state index contributed by atoms with van der Waals surface area (Å²) >= 11 is 6.46. The molecule has 1 N–H and O–H groups in total. The Morgan fingerprint density at radius 1 is 1.32 bits per heavy atom. The van der Waals surface area contributed by atoms with E-state index in [9.17, 15) is 19.5 Å². The van der Waals surface area contributed by atoms with Gasteiger partial charge in [0.1, 0.15) is 4.32 Å². The van der Waals surface area contributed by atoms with Gasteiger partial charge >= 0.3 is 0 Å². The van der Waals surface area contributed by atoms with Crippen molar-refractivity contribution in [3.63, 3.8) is 0 Å². The van der Waals surface area contributed by atoms with Crippen LogP contribution in [0.15, 0.2) is 29.2 Å². The zero-order valence-electron chi connectivity index (χ0n) is 16.1. The fraction of sp³-hybridized carbons (Fsp3) is 0.400. The van der Waals surface area contributed by atoms with Crippen molar-refractivity contribution in [1.29, 1.82) is 0 Å². The number of nitrogens with zero attached hydrogens (tertiary/aromatic N) is 1. The molecule has 150 valence electrons. The topological polar surface area (TPSA) is 89.5 Å². The Hall–Kier alpha value is -2.19. The number of amides is 2. The smallest absolute Gasteiger partial charge is 0.266 e. The number of aryl methyl sites for hydroxylation is 1. The minimum absolute atomic E-state index is 0.0372. The maximum atomic E-state index is 12.6. The molecule has 1 aliphatic heterocycles. The normalized spacial score (nSPS) is 17.7. The first-order valence-corrected chi connectivity index (χ1v) is 10.3. The molecule has 0 aliphatic carbocycles. The van der Waals surface area contributed by atoms with Crippen LogP contribution in [0.4, 0.5) is 0 Å². The number of aliphatic carboxylic acids is 1. The molecule has 6 nitrogen and oxygen atoms in total. The van der Waals surface area contributed by atoms with Crippen molar-refractivity contribution in [2.45, 2.75) is 39.7 Å². The molecule has 1 fully saturated rings. The highest BCUT2D eigenvalue weighted by atomic mass is 32.2. The molecule has 28 heavy (non-hydrogen) atoms. The van der Waals surface area contributed by atoms with Gasteiger partial charge in [0, 0.05) is 13.0 Å². The van der Waals surface area contributed by atoms with Crippen LogP contribution >= 0.6 is 24.0 Å². The third-order valence-electron chi connectivity index (χ3n) is 4.59. The molecule has 0 aromatic heterocycles. The molecule has 1 aliphatic rings. The number of carboxylic acids is 1. The zero-order chi connectivity index (χ0) is 20.8. The second-order valence-corrected chi connectivity index (χ2v) is 8.42. The lowest BCUT2D eigenvalue weighted by Crippen LogP contribution is -2.51. The highest BCUT2D eigenvalue weighted by molar-refractivity contribution is 8.26. The number of hydrogen-bond donors (Lipinski definition) is 1. The van der Waals surface area contributed by atoms with Gasteiger partial charge < -0.3 is 15.2 Å². The molecular weight excluding hydrogens is 396 g/mol. The zero-order valence-corrected chi connectivity index (χ0v) is 17.7. The molecule has 1 aromatic carbocycles. The molecule has 2 atom stereocenters. The Morgan fingerprint density at radius 3 is 2.54 bits per heavy atom. The number of thioether (sulfide) groups is 1. The number of hydrogen-bond acceptors (Lipinski definition) is 6. The summed E-state index contributed by atoms with van der Waals surface area (Å²) in [6, 6.07) is 6.71. The molecule has 0 radical (unpaired) electrons. The first-order chi connectivity index (χ1) is 13.2. The van der Waals surface area contributed by atoms with E-state index in [4.69, 9.17) is 12.2 Å². The second-order valence-electron chi connectivity index (χ2n) is 6.74. The lowest BCUT2D eigenvalue weighted by atomic mass is 9.99. The van der Waals surface area contributed by atoms with Crippen molar-refractivity contribution >= 4 is 52.2 Å². The van der Waals surface area contributed by atoms with Gasteiger partial charge in [-0.25, -0.2) is 0 Å². The predicted octanol–water partition coefficient (Wildman–Crippen LogP) is 1.87. The minimum atomic E-state index is -1.31. The van der Waals surface area contributed by atoms with Crippen LogP contribution in [-0.2, 0) is 14.4 Å². The predicted molar refractivity (Wildman–Crippen MR) is 112 cm³/mol. The number of carboxylic acid groups (broad SMARTS) is 1. The van der Waals surface area contributed by atoms with Gasteiger partial charge in [-0.2, -0.15) is 0 Å². The van der Waals surface area contributed by atoms with Crippen LogP contribution in [-0.4, -0.2) is 39.6 Å². The molecule has 1 aromatic rings. The molecule has 0 bridgehead atoms. The van der Waals surface area contributed by atoms with Crippen LogP contribution in [0.25, 0.3) is 6.08 Å². The van der Waals surface area contributed by atoms with E-state index >= 15 is 0 Å². The standard InChI is InChI=1S/C20H24N2O4S2/c1-4-13(3)17(19(25)26)21-16(23)9-10-22-18(24)15(28-20(22)27)11-14-7-5-12(2)6-8-14/h5-8,11,13,17H,4,9-10H2,1-3H3,(H,21,23)(H,25,26)/p-1/b15-11+/t13-,17-/m0/s1. The van der Waals surface area contributed by atoms with E-state index in [-0.39, 0.29) is 24.8 Å². The lowest BCUT2D eigenvalue weighted by molar-refractivity contribution is -0.309. The summed E-state index contributed by atoms with van der Waals surface area (Å²) in [7, 11) is 0. The molecule has 0 spiro atoms. The SMILES string of the molecule is CC[C@H](C)[C@H](NC(=O)CCN1C(=O)/C(=C\c2ccc(C)cc2)SC1=S)C(=O)[O-]. The molecule has 0 unspecified atom stereocenters. The van der Waals surface area contributed by atoms with Crippen LogP contribution in [0, 0.1) is 12.8 Å². The maximum absolute atomic E-state index is 12.6. The van der Waals surface area contributed by atoms with Crippen LogP contribution in [0.2, 0.25) is 0 Å². The van der Waals surface area contributed by atoms with Crippen molar-refractivity contribution in [3.8, 4) is 0 Å². The van der Waals surface area contributed by atoms with E-state index in [1.54, 1.807) is 13.0 Å². The van der Waals surface area contributed by atoms with Gasteiger partial charge in [-0.3, -0.25) is 14.5 Å². The van der Waals surface area contributed by atoms with E-state index in [1.807, 2.05) is 38.1 Å². The van der Waals surface area contributed by atoms with Crippen molar-refractivity contribution in [3.05, 3.63) is 40.3 Å². The molecule has 0 saturated carbocycles. The minimum Gasteiger partial charge on any atom is -0.548 e. The number of thiocarbonyl (C=S) groups is 1. The Morgan fingerprint density at radius 2 is 1.96 bits per heavy atom. The molecule has 1 heterocycles. The van der Waals surface area contributed by atoms with E-state index in [0.29, 0.717) is 15.6 Å².